The molecule has 0 bridgehead atoms. The Morgan fingerprint density at radius 2 is 2.15 bits per heavy atom. The van der Waals surface area contributed by atoms with Crippen molar-refractivity contribution in [3.8, 4) is 0 Å². The molecule has 2 amide bonds. The number of aromatic nitrogens is 1. The highest BCUT2D eigenvalue weighted by atomic mass is 16.5. The number of aromatic carboxylic acids is 1. The molecule has 1 rings (SSSR count). The first-order chi connectivity index (χ1) is 9.58. The van der Waals surface area contributed by atoms with Crippen molar-refractivity contribution in [2.75, 3.05) is 38.7 Å². The maximum atomic E-state index is 12.0. The summed E-state index contributed by atoms with van der Waals surface area (Å²) in [5.74, 6) is -1.12. The molecule has 8 nitrogen and oxygen atoms in total. The molecule has 0 aliphatic heterocycles. The van der Waals surface area contributed by atoms with Crippen LogP contribution in [-0.2, 0) is 4.74 Å². The molecule has 8 heteroatoms. The minimum absolute atomic E-state index is 0.0200. The van der Waals surface area contributed by atoms with E-state index >= 15 is 0 Å². The number of carbonyl (C=O) groups is 2. The molecule has 0 saturated heterocycles. The molecular weight excluding hydrogens is 266 g/mol. The number of amides is 2. The van der Waals surface area contributed by atoms with E-state index in [1.54, 1.807) is 0 Å². The number of urea groups is 1. The number of anilines is 1. The quantitative estimate of drug-likeness (QED) is 0.661. The van der Waals surface area contributed by atoms with Gasteiger partial charge in [-0.1, -0.05) is 0 Å². The molecule has 1 heterocycles. The van der Waals surface area contributed by atoms with Crippen LogP contribution in [-0.4, -0.2) is 65.5 Å². The summed E-state index contributed by atoms with van der Waals surface area (Å²) in [7, 11) is 1.51. The van der Waals surface area contributed by atoms with Crippen LogP contribution in [0.5, 0.6) is 0 Å². The van der Waals surface area contributed by atoms with Crippen LogP contribution in [0.4, 0.5) is 10.5 Å². The number of carboxylic acids is 1. The zero-order valence-electron chi connectivity index (χ0n) is 11.1. The highest BCUT2D eigenvalue weighted by Gasteiger charge is 2.13. The fraction of sp³-hybridized carbons (Fsp3) is 0.417. The molecule has 0 atom stereocenters. The highest BCUT2D eigenvalue weighted by Crippen LogP contribution is 2.09. The normalized spacial score (nSPS) is 10.1. The van der Waals surface area contributed by atoms with Crippen molar-refractivity contribution >= 4 is 17.7 Å². The lowest BCUT2D eigenvalue weighted by atomic mass is 10.2. The number of aliphatic hydroxyl groups is 1. The van der Waals surface area contributed by atoms with Gasteiger partial charge < -0.3 is 25.2 Å². The van der Waals surface area contributed by atoms with Gasteiger partial charge in [0.15, 0.2) is 0 Å². The van der Waals surface area contributed by atoms with E-state index in [1.165, 1.54) is 30.5 Å². The Labute approximate surface area is 116 Å². The van der Waals surface area contributed by atoms with E-state index in [1.807, 2.05) is 0 Å². The number of methoxy groups -OCH3 is 1. The third-order valence-electron chi connectivity index (χ3n) is 2.46. The Morgan fingerprint density at radius 1 is 1.40 bits per heavy atom. The Bertz CT molecular complexity index is 466. The van der Waals surface area contributed by atoms with Gasteiger partial charge in [-0.15, -0.1) is 0 Å². The summed E-state index contributed by atoms with van der Waals surface area (Å²) in [5.41, 5.74) is 0.253. The molecule has 0 aromatic carbocycles. The maximum Gasteiger partial charge on any atom is 0.337 e. The second-order valence-corrected chi connectivity index (χ2v) is 3.90. The third-order valence-corrected chi connectivity index (χ3v) is 2.46. The number of aliphatic hydroxyl groups excluding tert-OH is 1. The summed E-state index contributed by atoms with van der Waals surface area (Å²) in [6.07, 6.45) is 2.53. The topological polar surface area (TPSA) is 112 Å². The fourth-order valence-electron chi connectivity index (χ4n) is 1.46. The molecule has 0 fully saturated rings. The Hall–Kier alpha value is -2.19. The standard InChI is InChI=1S/C12H17N3O5/c1-20-5-3-15(2-4-16)12(19)14-10-6-9(11(17)18)7-13-8-10/h6-8,16H,2-5H2,1H3,(H,14,19)(H,17,18). The number of ether oxygens (including phenoxy) is 1. The first-order valence-electron chi connectivity index (χ1n) is 5.92. The smallest absolute Gasteiger partial charge is 0.337 e. The molecule has 110 valence electrons. The molecule has 0 radical (unpaired) electrons. The van der Waals surface area contributed by atoms with Crippen molar-refractivity contribution in [3.63, 3.8) is 0 Å². The third kappa shape index (κ3) is 4.82. The monoisotopic (exact) mass is 283 g/mol. The first kappa shape index (κ1) is 15.9. The van der Waals surface area contributed by atoms with Crippen molar-refractivity contribution in [2.24, 2.45) is 0 Å². The van der Waals surface area contributed by atoms with E-state index in [-0.39, 0.29) is 24.4 Å². The van der Waals surface area contributed by atoms with Gasteiger partial charge in [-0.2, -0.15) is 0 Å². The molecule has 1 aromatic heterocycles. The SMILES string of the molecule is COCCN(CCO)C(=O)Nc1cncc(C(=O)O)c1. The summed E-state index contributed by atoms with van der Waals surface area (Å²) in [6, 6.07) is 0.848. The first-order valence-corrected chi connectivity index (χ1v) is 5.92. The molecule has 0 saturated carbocycles. The molecule has 0 unspecified atom stereocenters. The minimum atomic E-state index is -1.12. The summed E-state index contributed by atoms with van der Waals surface area (Å²) in [5, 5.41) is 20.3. The molecule has 0 aliphatic carbocycles. The second kappa shape index (κ2) is 8.08. The van der Waals surface area contributed by atoms with Gasteiger partial charge >= 0.3 is 12.0 Å². The van der Waals surface area contributed by atoms with Gasteiger partial charge in [0.2, 0.25) is 0 Å². The van der Waals surface area contributed by atoms with Crippen LogP contribution in [0.15, 0.2) is 18.5 Å². The highest BCUT2D eigenvalue weighted by molar-refractivity contribution is 5.92. The van der Waals surface area contributed by atoms with Crippen molar-refractivity contribution in [1.29, 1.82) is 0 Å². The predicted octanol–water partition coefficient (Wildman–Crippen LogP) is 0.252. The number of hydrogen-bond acceptors (Lipinski definition) is 5. The molecule has 20 heavy (non-hydrogen) atoms. The van der Waals surface area contributed by atoms with Gasteiger partial charge in [-0.3, -0.25) is 4.98 Å². The number of nitrogens with one attached hydrogen (secondary N) is 1. The average molecular weight is 283 g/mol. The lowest BCUT2D eigenvalue weighted by Crippen LogP contribution is -2.39. The van der Waals surface area contributed by atoms with Crippen LogP contribution in [0.3, 0.4) is 0 Å². The van der Waals surface area contributed by atoms with Crippen LogP contribution in [0.1, 0.15) is 10.4 Å². The van der Waals surface area contributed by atoms with E-state index in [9.17, 15) is 9.59 Å². The van der Waals surface area contributed by atoms with E-state index in [0.717, 1.165) is 0 Å². The number of pyridine rings is 1. The van der Waals surface area contributed by atoms with Crippen LogP contribution in [0.25, 0.3) is 0 Å². The van der Waals surface area contributed by atoms with Crippen LogP contribution in [0, 0.1) is 0 Å². The van der Waals surface area contributed by atoms with Crippen molar-refractivity contribution in [1.82, 2.24) is 9.88 Å². The van der Waals surface area contributed by atoms with E-state index < -0.39 is 12.0 Å². The van der Waals surface area contributed by atoms with Crippen LogP contribution < -0.4 is 5.32 Å². The van der Waals surface area contributed by atoms with Crippen molar-refractivity contribution in [3.05, 3.63) is 24.0 Å². The van der Waals surface area contributed by atoms with E-state index in [4.69, 9.17) is 14.9 Å². The molecule has 0 aliphatic rings. The van der Waals surface area contributed by atoms with Gasteiger partial charge in [-0.05, 0) is 6.07 Å². The molecular formula is C12H17N3O5. The lowest BCUT2D eigenvalue weighted by Gasteiger charge is -2.21. The van der Waals surface area contributed by atoms with Gasteiger partial charge in [0.1, 0.15) is 0 Å². The number of nitrogens with zero attached hydrogens (tertiary/aromatic N) is 2. The molecule has 0 spiro atoms. The summed E-state index contributed by atoms with van der Waals surface area (Å²) in [4.78, 5) is 27.9. The fourth-order valence-corrected chi connectivity index (χ4v) is 1.46. The van der Waals surface area contributed by atoms with Crippen molar-refractivity contribution < 1.29 is 24.5 Å². The van der Waals surface area contributed by atoms with Gasteiger partial charge in [0.25, 0.3) is 0 Å². The second-order valence-electron chi connectivity index (χ2n) is 3.90. The van der Waals surface area contributed by atoms with Gasteiger partial charge in [-0.25, -0.2) is 9.59 Å². The average Bonchev–Trinajstić information content (AvgIpc) is 2.43. The van der Waals surface area contributed by atoms with E-state index in [0.29, 0.717) is 13.2 Å². The van der Waals surface area contributed by atoms with Crippen LogP contribution >= 0.6 is 0 Å². The zero-order valence-corrected chi connectivity index (χ0v) is 11.1. The van der Waals surface area contributed by atoms with Gasteiger partial charge in [0, 0.05) is 26.4 Å². The minimum Gasteiger partial charge on any atom is -0.478 e. The Balaban J connectivity index is 2.71. The summed E-state index contributed by atoms with van der Waals surface area (Å²) < 4.78 is 4.88. The maximum absolute atomic E-state index is 12.0. The summed E-state index contributed by atoms with van der Waals surface area (Å²) in [6.45, 7) is 0.627. The van der Waals surface area contributed by atoms with Gasteiger partial charge in [0.05, 0.1) is 30.7 Å². The Morgan fingerprint density at radius 3 is 2.75 bits per heavy atom. The number of carboxylic acid groups (broad SMARTS) is 1. The number of hydrogen-bond donors (Lipinski definition) is 3. The Kier molecular flexibility index (Phi) is 6.41. The lowest BCUT2D eigenvalue weighted by molar-refractivity contribution is 0.0696. The van der Waals surface area contributed by atoms with Crippen LogP contribution in [0.2, 0.25) is 0 Å². The molecule has 1 aromatic rings. The van der Waals surface area contributed by atoms with E-state index in [2.05, 4.69) is 10.3 Å². The predicted molar refractivity (Wildman–Crippen MR) is 70.7 cm³/mol. The van der Waals surface area contributed by atoms with Crippen molar-refractivity contribution in [2.45, 2.75) is 0 Å². The largest absolute Gasteiger partial charge is 0.478 e. The number of rotatable bonds is 7. The zero-order chi connectivity index (χ0) is 15.0. The molecule has 3 N–H and O–H groups in total. The number of carbonyl (C=O) groups excluding carboxylic acids is 1. The summed E-state index contributed by atoms with van der Waals surface area (Å²) >= 11 is 0.